The number of aromatic nitrogens is 2. The highest BCUT2D eigenvalue weighted by molar-refractivity contribution is 5.75. The van der Waals surface area contributed by atoms with Gasteiger partial charge in [-0.25, -0.2) is 4.98 Å². The Kier molecular flexibility index (Phi) is 4.42. The van der Waals surface area contributed by atoms with Gasteiger partial charge in [0.1, 0.15) is 11.6 Å². The van der Waals surface area contributed by atoms with Crippen LogP contribution in [0.1, 0.15) is 44.3 Å². The zero-order valence-corrected chi connectivity index (χ0v) is 11.7. The van der Waals surface area contributed by atoms with Crippen LogP contribution in [0.25, 0.3) is 0 Å². The quantitative estimate of drug-likeness (QED) is 0.732. The molecule has 1 aliphatic carbocycles. The van der Waals surface area contributed by atoms with Crippen LogP contribution in [0.3, 0.4) is 0 Å². The molecule has 6 nitrogen and oxygen atoms in total. The molecule has 0 bridgehead atoms. The maximum Gasteiger partial charge on any atom is 0.311 e. The van der Waals surface area contributed by atoms with E-state index in [2.05, 4.69) is 15.3 Å². The SMILES string of the molecule is Cc1nc(NCC2(C(=O)O)CCCCCC2)cc(=O)[nH]1. The Morgan fingerprint density at radius 1 is 1.40 bits per heavy atom. The second-order valence-corrected chi connectivity index (χ2v) is 5.57. The summed E-state index contributed by atoms with van der Waals surface area (Å²) in [6, 6.07) is 1.36. The van der Waals surface area contributed by atoms with Gasteiger partial charge in [-0.15, -0.1) is 0 Å². The summed E-state index contributed by atoms with van der Waals surface area (Å²) in [7, 11) is 0. The van der Waals surface area contributed by atoms with Gasteiger partial charge < -0.3 is 15.4 Å². The van der Waals surface area contributed by atoms with E-state index in [9.17, 15) is 14.7 Å². The summed E-state index contributed by atoms with van der Waals surface area (Å²) >= 11 is 0. The number of anilines is 1. The molecule has 6 heteroatoms. The molecule has 1 aromatic heterocycles. The van der Waals surface area contributed by atoms with E-state index in [0.29, 0.717) is 31.0 Å². The molecule has 110 valence electrons. The molecule has 0 atom stereocenters. The minimum Gasteiger partial charge on any atom is -0.481 e. The number of aryl methyl sites for hydroxylation is 1. The Morgan fingerprint density at radius 2 is 2.05 bits per heavy atom. The summed E-state index contributed by atoms with van der Waals surface area (Å²) in [6.45, 7) is 2.02. The first-order valence-corrected chi connectivity index (χ1v) is 7.07. The number of aliphatic carboxylic acids is 1. The Morgan fingerprint density at radius 3 is 2.60 bits per heavy atom. The number of nitrogens with one attached hydrogen (secondary N) is 2. The lowest BCUT2D eigenvalue weighted by atomic mass is 9.80. The van der Waals surface area contributed by atoms with Crippen molar-refractivity contribution in [3.8, 4) is 0 Å². The zero-order valence-electron chi connectivity index (χ0n) is 11.7. The molecular formula is C14H21N3O3. The van der Waals surface area contributed by atoms with Crippen LogP contribution < -0.4 is 10.9 Å². The smallest absolute Gasteiger partial charge is 0.311 e. The molecular weight excluding hydrogens is 258 g/mol. The average Bonchev–Trinajstić information content (AvgIpc) is 2.61. The molecule has 1 fully saturated rings. The highest BCUT2D eigenvalue weighted by atomic mass is 16.4. The Balaban J connectivity index is 2.12. The lowest BCUT2D eigenvalue weighted by molar-refractivity contribution is -0.149. The van der Waals surface area contributed by atoms with Gasteiger partial charge in [-0.05, 0) is 19.8 Å². The summed E-state index contributed by atoms with van der Waals surface area (Å²) in [5.41, 5.74) is -0.973. The summed E-state index contributed by atoms with van der Waals surface area (Å²) in [6.07, 6.45) is 5.43. The van der Waals surface area contributed by atoms with E-state index in [0.717, 1.165) is 25.7 Å². The first-order valence-electron chi connectivity index (χ1n) is 7.07. The molecule has 1 saturated carbocycles. The number of rotatable bonds is 4. The van der Waals surface area contributed by atoms with Gasteiger partial charge in [0, 0.05) is 12.6 Å². The third kappa shape index (κ3) is 3.37. The molecule has 1 aliphatic rings. The number of hydrogen-bond acceptors (Lipinski definition) is 4. The van der Waals surface area contributed by atoms with Gasteiger partial charge in [-0.3, -0.25) is 9.59 Å². The summed E-state index contributed by atoms with van der Waals surface area (Å²) < 4.78 is 0. The number of H-pyrrole nitrogens is 1. The molecule has 2 rings (SSSR count). The van der Waals surface area contributed by atoms with Crippen LogP contribution in [0.2, 0.25) is 0 Å². The minimum atomic E-state index is -0.756. The van der Waals surface area contributed by atoms with Gasteiger partial charge in [-0.2, -0.15) is 0 Å². The largest absolute Gasteiger partial charge is 0.481 e. The fourth-order valence-electron chi connectivity index (χ4n) is 2.80. The predicted octanol–water partition coefficient (Wildman–Crippen LogP) is 1.92. The number of carboxylic acid groups (broad SMARTS) is 1. The molecule has 0 aliphatic heterocycles. The van der Waals surface area contributed by atoms with Gasteiger partial charge >= 0.3 is 5.97 Å². The van der Waals surface area contributed by atoms with Crippen molar-refractivity contribution in [2.24, 2.45) is 5.41 Å². The molecule has 0 amide bonds. The van der Waals surface area contributed by atoms with E-state index in [-0.39, 0.29) is 5.56 Å². The first-order chi connectivity index (χ1) is 9.52. The number of carbonyl (C=O) groups is 1. The van der Waals surface area contributed by atoms with E-state index in [1.807, 2.05) is 0 Å². The maximum absolute atomic E-state index is 11.7. The third-order valence-corrected chi connectivity index (χ3v) is 3.98. The topological polar surface area (TPSA) is 95.1 Å². The van der Waals surface area contributed by atoms with Crippen LogP contribution >= 0.6 is 0 Å². The first kappa shape index (κ1) is 14.6. The Bertz CT molecular complexity index is 531. The molecule has 1 heterocycles. The van der Waals surface area contributed by atoms with Crippen molar-refractivity contribution in [1.29, 1.82) is 0 Å². The highest BCUT2D eigenvalue weighted by Gasteiger charge is 2.38. The number of nitrogens with zero attached hydrogens (tertiary/aromatic N) is 1. The minimum absolute atomic E-state index is 0.231. The van der Waals surface area contributed by atoms with Gasteiger partial charge in [-0.1, -0.05) is 25.7 Å². The van der Waals surface area contributed by atoms with Crippen molar-refractivity contribution in [2.45, 2.75) is 45.4 Å². The molecule has 0 aromatic carbocycles. The van der Waals surface area contributed by atoms with Gasteiger partial charge in [0.05, 0.1) is 5.41 Å². The fourth-order valence-corrected chi connectivity index (χ4v) is 2.80. The van der Waals surface area contributed by atoms with Crippen LogP contribution in [0.4, 0.5) is 5.82 Å². The zero-order chi connectivity index (χ0) is 14.6. The summed E-state index contributed by atoms with van der Waals surface area (Å²) in [5, 5.41) is 12.6. The monoisotopic (exact) mass is 279 g/mol. The second-order valence-electron chi connectivity index (χ2n) is 5.57. The number of aromatic amines is 1. The Hall–Kier alpha value is -1.85. The van der Waals surface area contributed by atoms with Crippen LogP contribution in [0.5, 0.6) is 0 Å². The van der Waals surface area contributed by atoms with Crippen LogP contribution in [-0.4, -0.2) is 27.6 Å². The number of hydrogen-bond donors (Lipinski definition) is 3. The van der Waals surface area contributed by atoms with Crippen molar-refractivity contribution in [3.05, 3.63) is 22.2 Å². The number of carboxylic acids is 1. The molecule has 0 radical (unpaired) electrons. The second kappa shape index (κ2) is 6.07. The highest BCUT2D eigenvalue weighted by Crippen LogP contribution is 2.35. The average molecular weight is 279 g/mol. The lowest BCUT2D eigenvalue weighted by Crippen LogP contribution is -2.38. The van der Waals surface area contributed by atoms with Gasteiger partial charge in [0.2, 0.25) is 0 Å². The maximum atomic E-state index is 11.7. The normalized spacial score (nSPS) is 18.2. The van der Waals surface area contributed by atoms with E-state index in [1.54, 1.807) is 6.92 Å². The van der Waals surface area contributed by atoms with Crippen molar-refractivity contribution in [2.75, 3.05) is 11.9 Å². The Labute approximate surface area is 117 Å². The van der Waals surface area contributed by atoms with E-state index in [1.165, 1.54) is 6.07 Å². The molecule has 1 aromatic rings. The standard InChI is InChI=1S/C14H21N3O3/c1-10-16-11(8-12(18)17-10)15-9-14(13(19)20)6-4-2-3-5-7-14/h8H,2-7,9H2,1H3,(H,19,20)(H2,15,16,17,18). The summed E-state index contributed by atoms with van der Waals surface area (Å²) in [4.78, 5) is 29.8. The van der Waals surface area contributed by atoms with Crippen LogP contribution in [-0.2, 0) is 4.79 Å². The van der Waals surface area contributed by atoms with Gasteiger partial charge in [0.15, 0.2) is 0 Å². The van der Waals surface area contributed by atoms with Crippen molar-refractivity contribution >= 4 is 11.8 Å². The molecule has 3 N–H and O–H groups in total. The van der Waals surface area contributed by atoms with E-state index in [4.69, 9.17) is 0 Å². The van der Waals surface area contributed by atoms with E-state index < -0.39 is 11.4 Å². The fraction of sp³-hybridized carbons (Fsp3) is 0.643. The van der Waals surface area contributed by atoms with Crippen molar-refractivity contribution in [3.63, 3.8) is 0 Å². The molecule has 20 heavy (non-hydrogen) atoms. The third-order valence-electron chi connectivity index (χ3n) is 3.98. The van der Waals surface area contributed by atoms with E-state index >= 15 is 0 Å². The molecule has 0 saturated heterocycles. The van der Waals surface area contributed by atoms with Crippen LogP contribution in [0.15, 0.2) is 10.9 Å². The lowest BCUT2D eigenvalue weighted by Gasteiger charge is -2.28. The van der Waals surface area contributed by atoms with Gasteiger partial charge in [0.25, 0.3) is 5.56 Å². The van der Waals surface area contributed by atoms with Crippen LogP contribution in [0, 0.1) is 12.3 Å². The molecule has 0 spiro atoms. The van der Waals surface area contributed by atoms with Crippen molar-refractivity contribution < 1.29 is 9.90 Å². The molecule has 0 unspecified atom stereocenters. The predicted molar refractivity (Wildman–Crippen MR) is 75.9 cm³/mol. The van der Waals surface area contributed by atoms with Crippen molar-refractivity contribution in [1.82, 2.24) is 9.97 Å². The summed E-state index contributed by atoms with van der Waals surface area (Å²) in [5.74, 6) is 0.204.